The predicted molar refractivity (Wildman–Crippen MR) is 69.8 cm³/mol. The molecule has 0 radical (unpaired) electrons. The molecule has 0 aromatic heterocycles. The molecule has 1 aromatic carbocycles. The second-order valence-corrected chi connectivity index (χ2v) is 5.44. The quantitative estimate of drug-likeness (QED) is 0.815. The summed E-state index contributed by atoms with van der Waals surface area (Å²) in [6.45, 7) is -0.130. The molecule has 110 valence electrons. The number of benzene rings is 1. The fourth-order valence-corrected chi connectivity index (χ4v) is 2.67. The second-order valence-electron chi connectivity index (χ2n) is 5.03. The average molecular weight is 305 g/mol. The molecule has 0 amide bonds. The van der Waals surface area contributed by atoms with E-state index in [2.05, 4.69) is 0 Å². The molecule has 1 aliphatic rings. The van der Waals surface area contributed by atoms with Gasteiger partial charge in [-0.05, 0) is 30.4 Å². The molecule has 1 saturated carbocycles. The van der Waals surface area contributed by atoms with Crippen molar-refractivity contribution in [2.75, 3.05) is 7.11 Å². The number of methoxy groups -OCH3 is 1. The molecular weight excluding hydrogens is 290 g/mol. The van der Waals surface area contributed by atoms with Crippen LogP contribution in [0.3, 0.4) is 0 Å². The summed E-state index contributed by atoms with van der Waals surface area (Å²) in [5.74, 6) is -3.54. The summed E-state index contributed by atoms with van der Waals surface area (Å²) in [7, 11) is 1.36. The molecular formula is C14H15ClF2O3. The van der Waals surface area contributed by atoms with Crippen LogP contribution in [-0.4, -0.2) is 18.2 Å². The Hall–Kier alpha value is -1.20. The van der Waals surface area contributed by atoms with E-state index in [1.165, 1.54) is 13.2 Å². The number of carboxylic acid groups (broad SMARTS) is 1. The van der Waals surface area contributed by atoms with Crippen LogP contribution < -0.4 is 0 Å². The zero-order valence-corrected chi connectivity index (χ0v) is 11.7. The first-order chi connectivity index (χ1) is 9.45. The van der Waals surface area contributed by atoms with Gasteiger partial charge < -0.3 is 9.84 Å². The lowest BCUT2D eigenvalue weighted by Crippen LogP contribution is -2.12. The Morgan fingerprint density at radius 2 is 2.15 bits per heavy atom. The molecule has 1 aliphatic carbocycles. The van der Waals surface area contributed by atoms with E-state index in [4.69, 9.17) is 21.4 Å². The SMILES string of the molecule is COCc1c(Cl)cc(C(CC(=O)O)C2CC2)c(F)c1F. The normalized spacial score (nSPS) is 16.2. The minimum absolute atomic E-state index is 0.0414. The van der Waals surface area contributed by atoms with E-state index < -0.39 is 23.5 Å². The van der Waals surface area contributed by atoms with Gasteiger partial charge in [0, 0.05) is 23.6 Å². The third kappa shape index (κ3) is 3.10. The van der Waals surface area contributed by atoms with Gasteiger partial charge in [-0.25, -0.2) is 8.78 Å². The lowest BCUT2D eigenvalue weighted by molar-refractivity contribution is -0.137. The Bertz CT molecular complexity index is 530. The van der Waals surface area contributed by atoms with Crippen molar-refractivity contribution in [2.24, 2.45) is 5.92 Å². The first-order valence-corrected chi connectivity index (χ1v) is 6.70. The van der Waals surface area contributed by atoms with E-state index in [0.29, 0.717) is 0 Å². The summed E-state index contributed by atoms with van der Waals surface area (Å²) in [6.07, 6.45) is 1.44. The highest BCUT2D eigenvalue weighted by molar-refractivity contribution is 6.31. The van der Waals surface area contributed by atoms with E-state index in [9.17, 15) is 13.6 Å². The summed E-state index contributed by atoms with van der Waals surface area (Å²) in [5, 5.41) is 8.99. The van der Waals surface area contributed by atoms with Gasteiger partial charge in [0.15, 0.2) is 11.6 Å². The van der Waals surface area contributed by atoms with Crippen LogP contribution >= 0.6 is 11.6 Å². The van der Waals surface area contributed by atoms with Crippen LogP contribution in [0, 0.1) is 17.6 Å². The van der Waals surface area contributed by atoms with Crippen molar-refractivity contribution in [1.82, 2.24) is 0 Å². The fraction of sp³-hybridized carbons (Fsp3) is 0.500. The maximum atomic E-state index is 14.2. The summed E-state index contributed by atoms with van der Waals surface area (Å²) >= 11 is 5.96. The van der Waals surface area contributed by atoms with E-state index in [-0.39, 0.29) is 35.1 Å². The van der Waals surface area contributed by atoms with Crippen LogP contribution in [0.25, 0.3) is 0 Å². The highest BCUT2D eigenvalue weighted by atomic mass is 35.5. The number of hydrogen-bond acceptors (Lipinski definition) is 2. The highest BCUT2D eigenvalue weighted by Crippen LogP contribution is 2.46. The Morgan fingerprint density at radius 3 is 2.65 bits per heavy atom. The zero-order valence-electron chi connectivity index (χ0n) is 11.0. The van der Waals surface area contributed by atoms with Gasteiger partial charge in [0.1, 0.15) is 0 Å². The number of halogens is 3. The third-order valence-electron chi connectivity index (χ3n) is 3.56. The van der Waals surface area contributed by atoms with Gasteiger partial charge in [-0.3, -0.25) is 4.79 Å². The highest BCUT2D eigenvalue weighted by Gasteiger charge is 2.36. The van der Waals surface area contributed by atoms with Crippen molar-refractivity contribution < 1.29 is 23.4 Å². The zero-order chi connectivity index (χ0) is 14.9. The third-order valence-corrected chi connectivity index (χ3v) is 3.89. The molecule has 1 aromatic rings. The van der Waals surface area contributed by atoms with Gasteiger partial charge in [0.25, 0.3) is 0 Å². The monoisotopic (exact) mass is 304 g/mol. The van der Waals surface area contributed by atoms with Crippen molar-refractivity contribution in [3.05, 3.63) is 33.9 Å². The van der Waals surface area contributed by atoms with Gasteiger partial charge in [-0.15, -0.1) is 0 Å². The van der Waals surface area contributed by atoms with Crippen LogP contribution in [0.4, 0.5) is 8.78 Å². The van der Waals surface area contributed by atoms with E-state index >= 15 is 0 Å². The van der Waals surface area contributed by atoms with Crippen molar-refractivity contribution in [2.45, 2.75) is 31.8 Å². The van der Waals surface area contributed by atoms with Gasteiger partial charge in [-0.1, -0.05) is 11.6 Å². The van der Waals surface area contributed by atoms with Crippen LogP contribution in [-0.2, 0) is 16.1 Å². The van der Waals surface area contributed by atoms with Crippen LogP contribution in [0.2, 0.25) is 5.02 Å². The Balaban J connectivity index is 2.42. The topological polar surface area (TPSA) is 46.5 Å². The predicted octanol–water partition coefficient (Wildman–Crippen LogP) is 3.73. The molecule has 1 atom stereocenters. The minimum atomic E-state index is -1.05. The summed E-state index contributed by atoms with van der Waals surface area (Å²) in [5.41, 5.74) is 0.0116. The molecule has 1 N–H and O–H groups in total. The van der Waals surface area contributed by atoms with Gasteiger partial charge >= 0.3 is 5.97 Å². The summed E-state index contributed by atoms with van der Waals surface area (Å²) < 4.78 is 33.0. The lowest BCUT2D eigenvalue weighted by atomic mass is 9.89. The van der Waals surface area contributed by atoms with Gasteiger partial charge in [-0.2, -0.15) is 0 Å². The van der Waals surface area contributed by atoms with Crippen LogP contribution in [0.1, 0.15) is 36.3 Å². The molecule has 0 bridgehead atoms. The van der Waals surface area contributed by atoms with E-state index in [1.807, 2.05) is 0 Å². The fourth-order valence-electron chi connectivity index (χ4n) is 2.41. The molecule has 0 aliphatic heterocycles. The molecule has 0 saturated heterocycles. The van der Waals surface area contributed by atoms with Crippen LogP contribution in [0.5, 0.6) is 0 Å². The lowest BCUT2D eigenvalue weighted by Gasteiger charge is -2.18. The van der Waals surface area contributed by atoms with Crippen molar-refractivity contribution in [1.29, 1.82) is 0 Å². The number of hydrogen-bond donors (Lipinski definition) is 1. The Morgan fingerprint density at radius 1 is 1.50 bits per heavy atom. The minimum Gasteiger partial charge on any atom is -0.481 e. The summed E-state index contributed by atoms with van der Waals surface area (Å²) in [6, 6.07) is 1.33. The number of aliphatic carboxylic acids is 1. The molecule has 3 nitrogen and oxygen atoms in total. The molecule has 1 fully saturated rings. The molecule has 20 heavy (non-hydrogen) atoms. The molecule has 6 heteroatoms. The van der Waals surface area contributed by atoms with Crippen molar-refractivity contribution in [3.8, 4) is 0 Å². The largest absolute Gasteiger partial charge is 0.481 e. The molecule has 0 heterocycles. The first-order valence-electron chi connectivity index (χ1n) is 6.32. The van der Waals surface area contributed by atoms with Gasteiger partial charge in [0.2, 0.25) is 0 Å². The summed E-state index contributed by atoms with van der Waals surface area (Å²) in [4.78, 5) is 10.9. The van der Waals surface area contributed by atoms with Crippen molar-refractivity contribution in [3.63, 3.8) is 0 Å². The maximum absolute atomic E-state index is 14.2. The molecule has 0 spiro atoms. The number of carboxylic acids is 1. The average Bonchev–Trinajstić information content (AvgIpc) is 3.20. The van der Waals surface area contributed by atoms with Crippen molar-refractivity contribution >= 4 is 17.6 Å². The smallest absolute Gasteiger partial charge is 0.303 e. The molecule has 1 unspecified atom stereocenters. The Kier molecular flexibility index (Phi) is 4.60. The van der Waals surface area contributed by atoms with E-state index in [1.54, 1.807) is 0 Å². The first kappa shape index (κ1) is 15.2. The number of ether oxygens (including phenoxy) is 1. The maximum Gasteiger partial charge on any atom is 0.303 e. The van der Waals surface area contributed by atoms with Crippen LogP contribution in [0.15, 0.2) is 6.07 Å². The van der Waals surface area contributed by atoms with E-state index in [0.717, 1.165) is 12.8 Å². The standard InChI is InChI=1S/C14H15ClF2O3/c1-20-6-10-11(15)4-9(13(16)14(10)17)8(5-12(18)19)7-2-3-7/h4,7-8H,2-3,5-6H2,1H3,(H,18,19). The number of carbonyl (C=O) groups is 1. The number of rotatable bonds is 6. The molecule has 2 rings (SSSR count). The Labute approximate surface area is 120 Å². The van der Waals surface area contributed by atoms with Gasteiger partial charge in [0.05, 0.1) is 13.0 Å². The second kappa shape index (κ2) is 6.06.